The molecule has 2 saturated heterocycles. The predicted octanol–water partition coefficient (Wildman–Crippen LogP) is 1.10. The molecule has 82 valence electrons. The van der Waals surface area contributed by atoms with Crippen molar-refractivity contribution in [3.8, 4) is 0 Å². The van der Waals surface area contributed by atoms with Crippen LogP contribution in [0.25, 0.3) is 0 Å². The summed E-state index contributed by atoms with van der Waals surface area (Å²) in [6, 6.07) is 0. The number of hydrogen-bond donors (Lipinski definition) is 0. The lowest BCUT2D eigenvalue weighted by Gasteiger charge is -2.42. The van der Waals surface area contributed by atoms with Gasteiger partial charge in [-0.05, 0) is 12.8 Å². The summed E-state index contributed by atoms with van der Waals surface area (Å²) in [6.45, 7) is -0.166. The van der Waals surface area contributed by atoms with E-state index in [1.165, 1.54) is 0 Å². The van der Waals surface area contributed by atoms with Crippen molar-refractivity contribution in [1.82, 2.24) is 0 Å². The Balaban J connectivity index is 2.08. The second-order valence-corrected chi connectivity index (χ2v) is 5.54. The maximum Gasteiger partial charge on any atom is 0.305 e. The first-order valence-corrected chi connectivity index (χ1v) is 5.67. The van der Waals surface area contributed by atoms with Gasteiger partial charge in [-0.1, -0.05) is 0 Å². The topological polar surface area (TPSA) is 43.4 Å². The van der Waals surface area contributed by atoms with Crippen molar-refractivity contribution in [2.75, 3.05) is 12.4 Å². The van der Waals surface area contributed by atoms with E-state index in [0.717, 1.165) is 0 Å². The first-order chi connectivity index (χ1) is 6.27. The van der Waals surface area contributed by atoms with E-state index in [1.807, 2.05) is 0 Å². The highest BCUT2D eigenvalue weighted by Gasteiger charge is 2.67. The lowest BCUT2D eigenvalue weighted by molar-refractivity contribution is -0.0641. The molecule has 0 aromatic heterocycles. The van der Waals surface area contributed by atoms with E-state index in [2.05, 4.69) is 0 Å². The van der Waals surface area contributed by atoms with Gasteiger partial charge in [-0.25, -0.2) is 8.78 Å². The molecule has 3 fully saturated rings. The number of rotatable bonds is 3. The molecule has 1 aliphatic carbocycles. The minimum atomic E-state index is -4.65. The summed E-state index contributed by atoms with van der Waals surface area (Å²) in [4.78, 5) is 0. The lowest BCUT2D eigenvalue weighted by atomic mass is 9.63. The van der Waals surface area contributed by atoms with Gasteiger partial charge in [-0.3, -0.25) is 0 Å². The van der Waals surface area contributed by atoms with Crippen LogP contribution in [-0.4, -0.2) is 32.8 Å². The quantitative estimate of drug-likeness (QED) is 0.682. The van der Waals surface area contributed by atoms with Gasteiger partial charge in [0.05, 0.1) is 17.6 Å². The average Bonchev–Trinajstić information content (AvgIpc) is 2.37. The van der Waals surface area contributed by atoms with Crippen LogP contribution >= 0.6 is 0 Å². The third-order valence-electron chi connectivity index (χ3n) is 2.91. The normalized spacial score (nSPS) is 41.4. The Morgan fingerprint density at radius 1 is 1.36 bits per heavy atom. The largest absolute Gasteiger partial charge is 0.373 e. The zero-order chi connectivity index (χ0) is 10.6. The van der Waals surface area contributed by atoms with Gasteiger partial charge >= 0.3 is 10.2 Å². The van der Waals surface area contributed by atoms with E-state index in [0.29, 0.717) is 0 Å². The molecular weight excluding hydrogens is 221 g/mol. The smallest absolute Gasteiger partial charge is 0.305 e. The molecule has 2 bridgehead atoms. The summed E-state index contributed by atoms with van der Waals surface area (Å²) < 4.78 is 62.9. The highest BCUT2D eigenvalue weighted by atomic mass is 32.3. The van der Waals surface area contributed by atoms with Crippen LogP contribution in [0.5, 0.6) is 0 Å². The van der Waals surface area contributed by atoms with Crippen LogP contribution in [-0.2, 0) is 15.0 Å². The van der Waals surface area contributed by atoms with Gasteiger partial charge in [0.25, 0.3) is 0 Å². The van der Waals surface area contributed by atoms with Gasteiger partial charge in [-0.15, -0.1) is 3.89 Å². The standard InChI is InChI=1S/C7H9F3O3S/c8-5(9)6-1-7(2-6,13-3-6)4-14(10,11)12/h5H,1-4H2. The van der Waals surface area contributed by atoms with E-state index >= 15 is 0 Å². The Morgan fingerprint density at radius 3 is 2.29 bits per heavy atom. The molecular formula is C7H9F3O3S. The molecule has 2 heterocycles. The van der Waals surface area contributed by atoms with Gasteiger partial charge in [0.2, 0.25) is 6.43 Å². The number of ether oxygens (including phenoxy) is 1. The van der Waals surface area contributed by atoms with E-state index in [9.17, 15) is 21.1 Å². The molecule has 0 aromatic carbocycles. The molecule has 0 N–H and O–H groups in total. The molecule has 14 heavy (non-hydrogen) atoms. The summed E-state index contributed by atoms with van der Waals surface area (Å²) in [5, 5.41) is 0. The van der Waals surface area contributed by atoms with Crippen molar-refractivity contribution < 1.29 is 25.8 Å². The molecule has 0 unspecified atom stereocenters. The molecule has 1 saturated carbocycles. The summed E-state index contributed by atoms with van der Waals surface area (Å²) in [5.74, 6) is -0.797. The SMILES string of the molecule is O=S(=O)(F)CC12CC(C(F)F)(CO1)C2. The molecule has 0 spiro atoms. The van der Waals surface area contributed by atoms with Gasteiger partial charge in [-0.2, -0.15) is 8.42 Å². The molecule has 3 aliphatic rings. The molecule has 7 heteroatoms. The monoisotopic (exact) mass is 230 g/mol. The average molecular weight is 230 g/mol. The lowest BCUT2D eigenvalue weighted by Crippen LogP contribution is -2.51. The van der Waals surface area contributed by atoms with Crippen molar-refractivity contribution >= 4 is 10.2 Å². The molecule has 2 aliphatic heterocycles. The molecule has 3 nitrogen and oxygen atoms in total. The van der Waals surface area contributed by atoms with Crippen molar-refractivity contribution in [2.45, 2.75) is 24.9 Å². The Bertz CT molecular complexity index is 345. The minimum absolute atomic E-state index is 0.0547. The highest BCUT2D eigenvalue weighted by Crippen LogP contribution is 2.61. The van der Waals surface area contributed by atoms with Crippen LogP contribution in [0, 0.1) is 5.41 Å². The first-order valence-electron chi connectivity index (χ1n) is 4.12. The maximum absolute atomic E-state index is 12.4. The van der Waals surface area contributed by atoms with E-state index < -0.39 is 33.4 Å². The van der Waals surface area contributed by atoms with Crippen LogP contribution < -0.4 is 0 Å². The van der Waals surface area contributed by atoms with Crippen LogP contribution in [0.4, 0.5) is 12.7 Å². The first kappa shape index (κ1) is 10.2. The van der Waals surface area contributed by atoms with Crippen molar-refractivity contribution in [3.63, 3.8) is 0 Å². The van der Waals surface area contributed by atoms with Crippen LogP contribution in [0.15, 0.2) is 0 Å². The second kappa shape index (κ2) is 2.63. The molecule has 3 rings (SSSR count). The fraction of sp³-hybridized carbons (Fsp3) is 1.00. The Hall–Kier alpha value is -0.300. The van der Waals surface area contributed by atoms with Crippen molar-refractivity contribution in [2.24, 2.45) is 5.41 Å². The summed E-state index contributed by atoms with van der Waals surface area (Å²) >= 11 is 0. The third kappa shape index (κ3) is 1.42. The van der Waals surface area contributed by atoms with Crippen molar-refractivity contribution in [1.29, 1.82) is 0 Å². The fourth-order valence-electron chi connectivity index (χ4n) is 2.41. The highest BCUT2D eigenvalue weighted by molar-refractivity contribution is 7.86. The number of hydrogen-bond acceptors (Lipinski definition) is 3. The molecule has 0 atom stereocenters. The minimum Gasteiger partial charge on any atom is -0.373 e. The molecule has 0 amide bonds. The zero-order valence-electron chi connectivity index (χ0n) is 7.17. The van der Waals surface area contributed by atoms with Crippen LogP contribution in [0.1, 0.15) is 12.8 Å². The van der Waals surface area contributed by atoms with Gasteiger partial charge in [0.1, 0.15) is 5.75 Å². The van der Waals surface area contributed by atoms with Crippen LogP contribution in [0.2, 0.25) is 0 Å². The van der Waals surface area contributed by atoms with Gasteiger partial charge in [0, 0.05) is 0 Å². The molecule has 0 radical (unpaired) electrons. The zero-order valence-corrected chi connectivity index (χ0v) is 7.99. The summed E-state index contributed by atoms with van der Waals surface area (Å²) in [7, 11) is -4.65. The van der Waals surface area contributed by atoms with E-state index in [1.54, 1.807) is 0 Å². The van der Waals surface area contributed by atoms with E-state index in [4.69, 9.17) is 4.74 Å². The Labute approximate surface area is 79.4 Å². The van der Waals surface area contributed by atoms with Gasteiger partial charge in [0.15, 0.2) is 0 Å². The van der Waals surface area contributed by atoms with E-state index in [-0.39, 0.29) is 19.4 Å². The summed E-state index contributed by atoms with van der Waals surface area (Å²) in [5.41, 5.74) is -2.39. The predicted molar refractivity (Wildman–Crippen MR) is 41.2 cm³/mol. The number of fused-ring (bicyclic) bond motifs is 1. The number of alkyl halides is 2. The van der Waals surface area contributed by atoms with Crippen molar-refractivity contribution in [3.05, 3.63) is 0 Å². The van der Waals surface area contributed by atoms with Crippen LogP contribution in [0.3, 0.4) is 0 Å². The summed E-state index contributed by atoms with van der Waals surface area (Å²) in [6.07, 6.45) is -2.64. The third-order valence-corrected chi connectivity index (χ3v) is 3.78. The fourth-order valence-corrected chi connectivity index (χ4v) is 3.32. The maximum atomic E-state index is 12.4. The Morgan fingerprint density at radius 2 is 1.93 bits per heavy atom. The second-order valence-electron chi connectivity index (χ2n) is 4.17. The number of halogens is 3. The van der Waals surface area contributed by atoms with Gasteiger partial charge < -0.3 is 4.74 Å². The molecule has 0 aromatic rings. The Kier molecular flexibility index (Phi) is 1.92.